The lowest BCUT2D eigenvalue weighted by Gasteiger charge is -2.18. The number of carbonyl (C=O) groups is 1. The van der Waals surface area contributed by atoms with Crippen LogP contribution < -0.4 is 4.90 Å². The number of carbonyl (C=O) groups excluding carboxylic acids is 1. The number of aromatic nitrogens is 3. The predicted octanol–water partition coefficient (Wildman–Crippen LogP) is 2.93. The number of benzene rings is 1. The van der Waals surface area contributed by atoms with Gasteiger partial charge in [-0.05, 0) is 18.0 Å². The first-order valence-electron chi connectivity index (χ1n) is 6.62. The fourth-order valence-electron chi connectivity index (χ4n) is 2.17. The zero-order valence-electron chi connectivity index (χ0n) is 11.4. The Labute approximate surface area is 126 Å². The molecule has 1 saturated heterocycles. The van der Waals surface area contributed by atoms with Gasteiger partial charge >= 0.3 is 6.09 Å². The highest BCUT2D eigenvalue weighted by molar-refractivity contribution is 6.28. The minimum absolute atomic E-state index is 0.0495. The summed E-state index contributed by atoms with van der Waals surface area (Å²) in [5.74, 6) is 0.656. The molecule has 21 heavy (non-hydrogen) atoms. The first kappa shape index (κ1) is 13.8. The minimum Gasteiger partial charge on any atom is -0.447 e. The number of cyclic esters (lactones) is 1. The average molecular weight is 305 g/mol. The van der Waals surface area contributed by atoms with Crippen molar-refractivity contribution in [1.29, 1.82) is 0 Å². The molecular formula is C14H13ClN4O2. The number of hydrogen-bond acceptors (Lipinski definition) is 5. The van der Waals surface area contributed by atoms with Crippen LogP contribution in [0.5, 0.6) is 0 Å². The van der Waals surface area contributed by atoms with Crippen molar-refractivity contribution >= 4 is 23.6 Å². The molecule has 0 radical (unpaired) electrons. The first-order valence-corrected chi connectivity index (χ1v) is 7.00. The number of halogens is 1. The van der Waals surface area contributed by atoms with Crippen LogP contribution in [0.25, 0.3) is 11.4 Å². The standard InChI is InChI=1S/C14H13ClN4O2/c1-2-10-8-21-14(20)19(10)13-17-11(16-12(15)18-13)9-6-4-3-5-7-9/h3-7,10H,2,8H2,1H3. The molecule has 1 aliphatic rings. The second-order valence-electron chi connectivity index (χ2n) is 4.60. The third kappa shape index (κ3) is 2.67. The van der Waals surface area contributed by atoms with Gasteiger partial charge in [-0.3, -0.25) is 0 Å². The fourth-order valence-corrected chi connectivity index (χ4v) is 2.33. The summed E-state index contributed by atoms with van der Waals surface area (Å²) in [5.41, 5.74) is 0.809. The van der Waals surface area contributed by atoms with Crippen molar-refractivity contribution in [3.05, 3.63) is 35.6 Å². The molecule has 0 bridgehead atoms. The van der Waals surface area contributed by atoms with E-state index in [4.69, 9.17) is 16.3 Å². The molecule has 0 spiro atoms. The Morgan fingerprint density at radius 3 is 2.76 bits per heavy atom. The number of rotatable bonds is 3. The molecule has 2 heterocycles. The van der Waals surface area contributed by atoms with Crippen molar-refractivity contribution in [3.8, 4) is 11.4 Å². The molecule has 1 amide bonds. The highest BCUT2D eigenvalue weighted by Gasteiger charge is 2.35. The molecule has 0 N–H and O–H groups in total. The summed E-state index contributed by atoms with van der Waals surface area (Å²) in [6, 6.07) is 9.32. The summed E-state index contributed by atoms with van der Waals surface area (Å²) in [7, 11) is 0. The largest absolute Gasteiger partial charge is 0.447 e. The molecule has 1 atom stereocenters. The van der Waals surface area contributed by atoms with Gasteiger partial charge in [-0.2, -0.15) is 15.0 Å². The van der Waals surface area contributed by atoms with Crippen molar-refractivity contribution in [2.45, 2.75) is 19.4 Å². The number of hydrogen-bond donors (Lipinski definition) is 0. The van der Waals surface area contributed by atoms with Gasteiger partial charge in [0, 0.05) is 5.56 Å². The van der Waals surface area contributed by atoms with E-state index in [0.29, 0.717) is 12.4 Å². The van der Waals surface area contributed by atoms with Crippen LogP contribution in [0.4, 0.5) is 10.7 Å². The van der Waals surface area contributed by atoms with E-state index in [2.05, 4.69) is 15.0 Å². The van der Waals surface area contributed by atoms with Crippen LogP contribution >= 0.6 is 11.6 Å². The van der Waals surface area contributed by atoms with Gasteiger partial charge < -0.3 is 4.74 Å². The molecule has 6 nitrogen and oxygen atoms in total. The van der Waals surface area contributed by atoms with Crippen LogP contribution in [0.15, 0.2) is 30.3 Å². The summed E-state index contributed by atoms with van der Waals surface area (Å²) in [5, 5.41) is 0.0495. The second kappa shape index (κ2) is 5.65. The lowest BCUT2D eigenvalue weighted by Crippen LogP contribution is -2.34. The molecule has 1 aromatic carbocycles. The Morgan fingerprint density at radius 2 is 2.05 bits per heavy atom. The first-order chi connectivity index (χ1) is 10.2. The molecular weight excluding hydrogens is 292 g/mol. The summed E-state index contributed by atoms with van der Waals surface area (Å²) in [4.78, 5) is 25.8. The van der Waals surface area contributed by atoms with E-state index in [1.807, 2.05) is 37.3 Å². The van der Waals surface area contributed by atoms with Gasteiger partial charge in [-0.25, -0.2) is 9.69 Å². The maximum Gasteiger partial charge on any atom is 0.417 e. The van der Waals surface area contributed by atoms with E-state index >= 15 is 0 Å². The van der Waals surface area contributed by atoms with Crippen molar-refractivity contribution in [2.75, 3.05) is 11.5 Å². The molecule has 108 valence electrons. The van der Waals surface area contributed by atoms with Crippen LogP contribution in [-0.4, -0.2) is 33.7 Å². The van der Waals surface area contributed by atoms with E-state index in [1.54, 1.807) is 0 Å². The average Bonchev–Trinajstić information content (AvgIpc) is 2.88. The number of amides is 1. The second-order valence-corrected chi connectivity index (χ2v) is 4.94. The van der Waals surface area contributed by atoms with Gasteiger partial charge in [-0.15, -0.1) is 0 Å². The lowest BCUT2D eigenvalue weighted by molar-refractivity contribution is 0.178. The molecule has 1 aromatic heterocycles. The van der Waals surface area contributed by atoms with E-state index in [9.17, 15) is 4.79 Å². The highest BCUT2D eigenvalue weighted by atomic mass is 35.5. The molecule has 1 aliphatic heterocycles. The van der Waals surface area contributed by atoms with Crippen LogP contribution in [0.3, 0.4) is 0 Å². The summed E-state index contributed by atoms with van der Waals surface area (Å²) >= 11 is 5.98. The number of ether oxygens (including phenoxy) is 1. The van der Waals surface area contributed by atoms with Crippen molar-refractivity contribution in [1.82, 2.24) is 15.0 Å². The molecule has 3 rings (SSSR count). The molecule has 7 heteroatoms. The SMILES string of the molecule is CCC1COC(=O)N1c1nc(Cl)nc(-c2ccccc2)n1. The Morgan fingerprint density at radius 1 is 1.29 bits per heavy atom. The monoisotopic (exact) mass is 304 g/mol. The summed E-state index contributed by atoms with van der Waals surface area (Å²) < 4.78 is 5.05. The molecule has 0 aliphatic carbocycles. The number of anilines is 1. The van der Waals surface area contributed by atoms with Gasteiger partial charge in [-0.1, -0.05) is 37.3 Å². The highest BCUT2D eigenvalue weighted by Crippen LogP contribution is 2.25. The van der Waals surface area contributed by atoms with Crippen molar-refractivity contribution < 1.29 is 9.53 Å². The van der Waals surface area contributed by atoms with Gasteiger partial charge in [0.05, 0.1) is 6.04 Å². The van der Waals surface area contributed by atoms with E-state index in [1.165, 1.54) is 4.90 Å². The molecule has 2 aromatic rings. The van der Waals surface area contributed by atoms with Gasteiger partial charge in [0.2, 0.25) is 11.2 Å². The summed E-state index contributed by atoms with van der Waals surface area (Å²) in [6.45, 7) is 2.31. The van der Waals surface area contributed by atoms with Crippen molar-refractivity contribution in [2.24, 2.45) is 0 Å². The Balaban J connectivity index is 2.04. The maximum atomic E-state index is 11.9. The van der Waals surface area contributed by atoms with E-state index in [0.717, 1.165) is 12.0 Å². The minimum atomic E-state index is -0.455. The predicted molar refractivity (Wildman–Crippen MR) is 78.2 cm³/mol. The quantitative estimate of drug-likeness (QED) is 0.872. The van der Waals surface area contributed by atoms with Crippen LogP contribution in [-0.2, 0) is 4.74 Å². The normalized spacial score (nSPS) is 17.9. The molecule has 0 saturated carbocycles. The number of nitrogens with zero attached hydrogens (tertiary/aromatic N) is 4. The third-order valence-corrected chi connectivity index (χ3v) is 3.45. The van der Waals surface area contributed by atoms with Gasteiger partial charge in [0.25, 0.3) is 0 Å². The van der Waals surface area contributed by atoms with Crippen molar-refractivity contribution in [3.63, 3.8) is 0 Å². The topological polar surface area (TPSA) is 68.2 Å². The molecule has 1 unspecified atom stereocenters. The molecule has 1 fully saturated rings. The zero-order chi connectivity index (χ0) is 14.8. The van der Waals surface area contributed by atoms with E-state index < -0.39 is 6.09 Å². The Bertz CT molecular complexity index is 665. The Kier molecular flexibility index (Phi) is 3.70. The zero-order valence-corrected chi connectivity index (χ0v) is 12.1. The Hall–Kier alpha value is -2.21. The third-order valence-electron chi connectivity index (χ3n) is 3.28. The van der Waals surface area contributed by atoms with Gasteiger partial charge in [0.15, 0.2) is 5.82 Å². The smallest absolute Gasteiger partial charge is 0.417 e. The van der Waals surface area contributed by atoms with E-state index in [-0.39, 0.29) is 17.3 Å². The fraction of sp³-hybridized carbons (Fsp3) is 0.286. The maximum absolute atomic E-state index is 11.9. The summed E-state index contributed by atoms with van der Waals surface area (Å²) in [6.07, 6.45) is 0.290. The van der Waals surface area contributed by atoms with Gasteiger partial charge in [0.1, 0.15) is 6.61 Å². The lowest BCUT2D eigenvalue weighted by atomic mass is 10.2. The van der Waals surface area contributed by atoms with Crippen LogP contribution in [0, 0.1) is 0 Å². The van der Waals surface area contributed by atoms with Crippen LogP contribution in [0.1, 0.15) is 13.3 Å². The van der Waals surface area contributed by atoms with Crippen LogP contribution in [0.2, 0.25) is 5.28 Å².